The summed E-state index contributed by atoms with van der Waals surface area (Å²) in [5.41, 5.74) is 6.46. The summed E-state index contributed by atoms with van der Waals surface area (Å²) in [5.74, 6) is -0.572. The van der Waals surface area contributed by atoms with E-state index in [9.17, 15) is 9.59 Å². The quantitative estimate of drug-likeness (QED) is 0.820. The molecule has 0 aromatic carbocycles. The van der Waals surface area contributed by atoms with E-state index in [4.69, 9.17) is 15.2 Å². The predicted molar refractivity (Wildman–Crippen MR) is 86.5 cm³/mol. The molecule has 0 saturated carbocycles. The number of esters is 1. The topological polar surface area (TPSA) is 104 Å². The molecule has 1 saturated heterocycles. The fraction of sp³-hybridized carbons (Fsp3) is 0.562. The average Bonchev–Trinajstić information content (AvgIpc) is 2.53. The molecule has 8 heteroatoms. The van der Waals surface area contributed by atoms with Gasteiger partial charge in [0.05, 0.1) is 38.2 Å². The van der Waals surface area contributed by atoms with Crippen molar-refractivity contribution in [2.24, 2.45) is 0 Å². The van der Waals surface area contributed by atoms with Gasteiger partial charge in [-0.2, -0.15) is 0 Å². The second-order valence-corrected chi connectivity index (χ2v) is 6.45. The Hall–Kier alpha value is -2.35. The van der Waals surface area contributed by atoms with Crippen LogP contribution in [0.1, 0.15) is 42.9 Å². The molecule has 2 heterocycles. The van der Waals surface area contributed by atoms with Crippen molar-refractivity contribution in [3.8, 4) is 0 Å². The van der Waals surface area contributed by atoms with Crippen molar-refractivity contribution in [3.05, 3.63) is 23.5 Å². The number of hydrogen-bond acceptors (Lipinski definition) is 7. The number of ether oxygens (including phenoxy) is 3. The monoisotopic (exact) mass is 337 g/mol. The second kappa shape index (κ2) is 7.04. The van der Waals surface area contributed by atoms with Crippen molar-refractivity contribution in [3.63, 3.8) is 0 Å². The molecule has 1 aromatic heterocycles. The fourth-order valence-electron chi connectivity index (χ4n) is 2.39. The number of anilines is 1. The van der Waals surface area contributed by atoms with Crippen LogP contribution in [0.25, 0.3) is 0 Å². The summed E-state index contributed by atoms with van der Waals surface area (Å²) in [5, 5.41) is 0. The van der Waals surface area contributed by atoms with Gasteiger partial charge in [-0.05, 0) is 26.8 Å². The van der Waals surface area contributed by atoms with Gasteiger partial charge in [0.25, 0.3) is 0 Å². The molecule has 0 aliphatic carbocycles. The summed E-state index contributed by atoms with van der Waals surface area (Å²) >= 11 is 0. The highest BCUT2D eigenvalue weighted by Crippen LogP contribution is 2.30. The number of nitrogens with zero attached hydrogens (tertiary/aromatic N) is 2. The highest BCUT2D eigenvalue weighted by molar-refractivity contribution is 5.87. The van der Waals surface area contributed by atoms with E-state index in [2.05, 4.69) is 9.72 Å². The lowest BCUT2D eigenvalue weighted by Crippen LogP contribution is -2.46. The van der Waals surface area contributed by atoms with Crippen LogP contribution in [-0.2, 0) is 14.2 Å². The zero-order valence-electron chi connectivity index (χ0n) is 14.4. The molecule has 1 atom stereocenters. The number of amides is 1. The Morgan fingerprint density at radius 3 is 2.75 bits per heavy atom. The number of methoxy groups -OCH3 is 1. The predicted octanol–water partition coefficient (Wildman–Crippen LogP) is 1.76. The summed E-state index contributed by atoms with van der Waals surface area (Å²) in [4.78, 5) is 29.7. The number of carbonyl (C=O) groups excluding carboxylic acids is 2. The molecule has 0 radical (unpaired) electrons. The van der Waals surface area contributed by atoms with Crippen LogP contribution in [0.4, 0.5) is 10.5 Å². The van der Waals surface area contributed by atoms with Gasteiger partial charge < -0.3 is 19.9 Å². The number of carbonyl (C=O) groups is 2. The van der Waals surface area contributed by atoms with Gasteiger partial charge in [0.15, 0.2) is 0 Å². The molecule has 1 aromatic rings. The lowest BCUT2D eigenvalue weighted by atomic mass is 10.0. The van der Waals surface area contributed by atoms with E-state index in [0.29, 0.717) is 24.4 Å². The average molecular weight is 337 g/mol. The Kier molecular flexibility index (Phi) is 5.28. The van der Waals surface area contributed by atoms with Crippen LogP contribution in [0.5, 0.6) is 0 Å². The molecule has 2 rings (SSSR count). The number of morpholine rings is 1. The van der Waals surface area contributed by atoms with E-state index in [1.54, 1.807) is 25.7 Å². The molecule has 1 aliphatic rings. The summed E-state index contributed by atoms with van der Waals surface area (Å²) in [6, 6.07) is 1.07. The van der Waals surface area contributed by atoms with E-state index in [1.165, 1.54) is 19.4 Å². The third-order valence-corrected chi connectivity index (χ3v) is 3.48. The Morgan fingerprint density at radius 2 is 2.12 bits per heavy atom. The molecule has 1 amide bonds. The number of aromatic nitrogens is 1. The van der Waals surface area contributed by atoms with Crippen molar-refractivity contribution >= 4 is 17.7 Å². The highest BCUT2D eigenvalue weighted by atomic mass is 16.6. The van der Waals surface area contributed by atoms with E-state index in [1.807, 2.05) is 0 Å². The molecule has 132 valence electrons. The first-order valence-corrected chi connectivity index (χ1v) is 7.64. The van der Waals surface area contributed by atoms with Crippen LogP contribution >= 0.6 is 0 Å². The first-order valence-electron chi connectivity index (χ1n) is 7.64. The van der Waals surface area contributed by atoms with Gasteiger partial charge in [0.2, 0.25) is 0 Å². The smallest absolute Gasteiger partial charge is 0.410 e. The Morgan fingerprint density at radius 1 is 1.42 bits per heavy atom. The fourth-order valence-corrected chi connectivity index (χ4v) is 2.39. The van der Waals surface area contributed by atoms with Gasteiger partial charge >= 0.3 is 12.1 Å². The Bertz CT molecular complexity index is 627. The largest absolute Gasteiger partial charge is 0.464 e. The summed E-state index contributed by atoms with van der Waals surface area (Å²) in [6.07, 6.45) is 0.926. The minimum Gasteiger partial charge on any atom is -0.464 e. The van der Waals surface area contributed by atoms with Crippen LogP contribution in [0.3, 0.4) is 0 Å². The minimum absolute atomic E-state index is 0.122. The molecule has 0 unspecified atom stereocenters. The van der Waals surface area contributed by atoms with Gasteiger partial charge in [-0.25, -0.2) is 14.6 Å². The molecular weight excluding hydrogens is 314 g/mol. The van der Waals surface area contributed by atoms with Crippen LogP contribution in [0, 0.1) is 0 Å². The first-order chi connectivity index (χ1) is 11.2. The van der Waals surface area contributed by atoms with E-state index >= 15 is 0 Å². The van der Waals surface area contributed by atoms with Crippen molar-refractivity contribution in [2.75, 3.05) is 32.6 Å². The van der Waals surface area contributed by atoms with Gasteiger partial charge in [-0.15, -0.1) is 0 Å². The summed E-state index contributed by atoms with van der Waals surface area (Å²) in [6.45, 7) is 6.44. The maximum absolute atomic E-state index is 12.5. The normalized spacial score (nSPS) is 18.2. The van der Waals surface area contributed by atoms with Crippen molar-refractivity contribution in [1.82, 2.24) is 9.88 Å². The van der Waals surface area contributed by atoms with Crippen molar-refractivity contribution < 1.29 is 23.8 Å². The second-order valence-electron chi connectivity index (χ2n) is 6.45. The molecule has 1 aliphatic heterocycles. The number of hydrogen-bond donors (Lipinski definition) is 1. The Labute approximate surface area is 140 Å². The lowest BCUT2D eigenvalue weighted by molar-refractivity contribution is -0.0329. The molecule has 8 nitrogen and oxygen atoms in total. The maximum atomic E-state index is 12.5. The first kappa shape index (κ1) is 18.0. The van der Waals surface area contributed by atoms with E-state index in [-0.39, 0.29) is 12.3 Å². The zero-order valence-corrected chi connectivity index (χ0v) is 14.4. The molecule has 2 N–H and O–H groups in total. The van der Waals surface area contributed by atoms with Crippen LogP contribution in [0.15, 0.2) is 12.3 Å². The van der Waals surface area contributed by atoms with E-state index < -0.39 is 23.7 Å². The van der Waals surface area contributed by atoms with Crippen molar-refractivity contribution in [2.45, 2.75) is 32.4 Å². The van der Waals surface area contributed by atoms with Crippen molar-refractivity contribution in [1.29, 1.82) is 0 Å². The third-order valence-electron chi connectivity index (χ3n) is 3.48. The summed E-state index contributed by atoms with van der Waals surface area (Å²) in [7, 11) is 1.27. The summed E-state index contributed by atoms with van der Waals surface area (Å²) < 4.78 is 15.6. The number of nitrogen functional groups attached to an aromatic ring is 1. The molecule has 0 spiro atoms. The van der Waals surface area contributed by atoms with Crippen LogP contribution < -0.4 is 5.73 Å². The van der Waals surface area contributed by atoms with Gasteiger partial charge in [0.1, 0.15) is 11.3 Å². The standard InChI is InChI=1S/C16H23N3O5/c1-16(2,3)24-15(21)19-5-6-23-9-13(19)10-7-12(14(20)22-4)18-8-11(10)17/h7-8,13H,5-6,9,17H2,1-4H3/t13-/m1/s1. The zero-order chi connectivity index (χ0) is 17.9. The van der Waals surface area contributed by atoms with Crippen LogP contribution in [0.2, 0.25) is 0 Å². The Balaban J connectivity index is 2.33. The minimum atomic E-state index is -0.610. The molecule has 24 heavy (non-hydrogen) atoms. The van der Waals surface area contributed by atoms with Gasteiger partial charge in [-0.1, -0.05) is 0 Å². The number of nitrogens with two attached hydrogens (primary N) is 1. The SMILES string of the molecule is COC(=O)c1cc([C@H]2COCCN2C(=O)OC(C)(C)C)c(N)cn1. The van der Waals surface area contributed by atoms with E-state index in [0.717, 1.165) is 0 Å². The maximum Gasteiger partial charge on any atom is 0.410 e. The van der Waals surface area contributed by atoms with Crippen LogP contribution in [-0.4, -0.2) is 54.4 Å². The molecule has 0 bridgehead atoms. The highest BCUT2D eigenvalue weighted by Gasteiger charge is 2.33. The number of rotatable bonds is 2. The van der Waals surface area contributed by atoms with Gasteiger partial charge in [0, 0.05) is 12.1 Å². The lowest BCUT2D eigenvalue weighted by Gasteiger charge is -2.37. The van der Waals surface area contributed by atoms with Gasteiger partial charge in [-0.3, -0.25) is 4.90 Å². The third kappa shape index (κ3) is 4.14. The number of pyridine rings is 1. The molecular formula is C16H23N3O5. The molecule has 1 fully saturated rings.